The predicted octanol–water partition coefficient (Wildman–Crippen LogP) is 1.79. The minimum absolute atomic E-state index is 0.0529. The Morgan fingerprint density at radius 2 is 2.12 bits per heavy atom. The van der Waals surface area contributed by atoms with Gasteiger partial charge in [0.2, 0.25) is 0 Å². The second-order valence-electron chi connectivity index (χ2n) is 4.60. The summed E-state index contributed by atoms with van der Waals surface area (Å²) in [5.74, 6) is 1.37. The van der Waals surface area contributed by atoms with Gasteiger partial charge in [-0.25, -0.2) is 4.98 Å². The van der Waals surface area contributed by atoms with Gasteiger partial charge >= 0.3 is 0 Å². The SMILES string of the molecule is Cc1ncc(I)c(=O)n1CCNC(C)C(C)C. The van der Waals surface area contributed by atoms with Crippen LogP contribution in [0.25, 0.3) is 0 Å². The lowest BCUT2D eigenvalue weighted by Crippen LogP contribution is -2.36. The molecule has 0 aromatic carbocycles. The number of nitrogens with one attached hydrogen (secondary N) is 1. The second kappa shape index (κ2) is 6.49. The lowest BCUT2D eigenvalue weighted by atomic mass is 10.1. The summed E-state index contributed by atoms with van der Waals surface area (Å²) in [6.45, 7) is 9.86. The molecule has 0 aliphatic heterocycles. The van der Waals surface area contributed by atoms with E-state index in [0.29, 0.717) is 22.1 Å². The molecule has 0 fully saturated rings. The molecule has 5 heteroatoms. The molecule has 0 aliphatic rings. The van der Waals surface area contributed by atoms with Gasteiger partial charge in [-0.1, -0.05) is 13.8 Å². The van der Waals surface area contributed by atoms with Crippen LogP contribution < -0.4 is 10.9 Å². The topological polar surface area (TPSA) is 46.9 Å². The van der Waals surface area contributed by atoms with Crippen LogP contribution in [-0.4, -0.2) is 22.1 Å². The number of hydrogen-bond donors (Lipinski definition) is 1. The molecule has 0 aliphatic carbocycles. The van der Waals surface area contributed by atoms with Crippen molar-refractivity contribution in [3.05, 3.63) is 25.9 Å². The van der Waals surface area contributed by atoms with Gasteiger partial charge in [-0.3, -0.25) is 9.36 Å². The molecule has 0 saturated heterocycles. The van der Waals surface area contributed by atoms with E-state index in [4.69, 9.17) is 0 Å². The number of aromatic nitrogens is 2. The molecule has 1 atom stereocenters. The van der Waals surface area contributed by atoms with Crippen molar-refractivity contribution in [2.45, 2.75) is 40.3 Å². The van der Waals surface area contributed by atoms with Crippen LogP contribution in [0, 0.1) is 16.4 Å². The summed E-state index contributed by atoms with van der Waals surface area (Å²) in [4.78, 5) is 16.1. The minimum Gasteiger partial charge on any atom is -0.312 e. The molecule has 0 saturated carbocycles. The predicted molar refractivity (Wildman–Crippen MR) is 78.3 cm³/mol. The van der Waals surface area contributed by atoms with Gasteiger partial charge in [-0.15, -0.1) is 0 Å². The summed E-state index contributed by atoms with van der Waals surface area (Å²) in [7, 11) is 0. The molecule has 1 N–H and O–H groups in total. The highest BCUT2D eigenvalue weighted by molar-refractivity contribution is 14.1. The van der Waals surface area contributed by atoms with Gasteiger partial charge in [-0.05, 0) is 42.4 Å². The summed E-state index contributed by atoms with van der Waals surface area (Å²) >= 11 is 2.03. The van der Waals surface area contributed by atoms with Crippen molar-refractivity contribution in [2.24, 2.45) is 5.92 Å². The second-order valence-corrected chi connectivity index (χ2v) is 5.76. The van der Waals surface area contributed by atoms with E-state index >= 15 is 0 Å². The monoisotopic (exact) mass is 349 g/mol. The molecule has 1 aromatic rings. The van der Waals surface area contributed by atoms with E-state index in [9.17, 15) is 4.79 Å². The Hall–Kier alpha value is -0.430. The lowest BCUT2D eigenvalue weighted by molar-refractivity contribution is 0.412. The quantitative estimate of drug-likeness (QED) is 0.825. The van der Waals surface area contributed by atoms with Gasteiger partial charge in [0, 0.05) is 25.3 Å². The van der Waals surface area contributed by atoms with Crippen LogP contribution in [0.3, 0.4) is 0 Å². The fourth-order valence-corrected chi connectivity index (χ4v) is 1.88. The maximum absolute atomic E-state index is 11.9. The van der Waals surface area contributed by atoms with Crippen molar-refractivity contribution >= 4 is 22.6 Å². The zero-order valence-corrected chi connectivity index (χ0v) is 13.0. The van der Waals surface area contributed by atoms with E-state index in [0.717, 1.165) is 12.4 Å². The smallest absolute Gasteiger partial charge is 0.266 e. The standard InChI is InChI=1S/C12H20IN3O/c1-8(2)9(3)14-5-6-16-10(4)15-7-11(13)12(16)17/h7-9,14H,5-6H2,1-4H3. The highest BCUT2D eigenvalue weighted by Gasteiger charge is 2.08. The van der Waals surface area contributed by atoms with Crippen molar-refractivity contribution in [2.75, 3.05) is 6.54 Å². The molecule has 4 nitrogen and oxygen atoms in total. The van der Waals surface area contributed by atoms with Crippen LogP contribution >= 0.6 is 22.6 Å². The Kier molecular flexibility index (Phi) is 5.58. The van der Waals surface area contributed by atoms with E-state index in [-0.39, 0.29) is 5.56 Å². The van der Waals surface area contributed by atoms with Crippen molar-refractivity contribution in [1.82, 2.24) is 14.9 Å². The van der Waals surface area contributed by atoms with Crippen LogP contribution in [0.4, 0.5) is 0 Å². The molecule has 1 heterocycles. The number of halogens is 1. The molecular formula is C12H20IN3O. The van der Waals surface area contributed by atoms with Gasteiger partial charge in [0.25, 0.3) is 5.56 Å². The Bertz CT molecular complexity index is 428. The molecule has 17 heavy (non-hydrogen) atoms. The summed E-state index contributed by atoms with van der Waals surface area (Å²) in [5, 5.41) is 3.41. The van der Waals surface area contributed by atoms with Crippen LogP contribution in [0.2, 0.25) is 0 Å². The Balaban J connectivity index is 2.64. The van der Waals surface area contributed by atoms with E-state index < -0.39 is 0 Å². The number of rotatable bonds is 5. The van der Waals surface area contributed by atoms with Gasteiger partial charge in [0.05, 0.1) is 3.57 Å². The van der Waals surface area contributed by atoms with Gasteiger partial charge < -0.3 is 5.32 Å². The Morgan fingerprint density at radius 1 is 1.47 bits per heavy atom. The highest BCUT2D eigenvalue weighted by atomic mass is 127. The summed E-state index contributed by atoms with van der Waals surface area (Å²) < 4.78 is 2.40. The summed E-state index contributed by atoms with van der Waals surface area (Å²) in [6, 6.07) is 0.460. The molecule has 1 rings (SSSR count). The minimum atomic E-state index is 0.0529. The maximum atomic E-state index is 11.9. The Morgan fingerprint density at radius 3 is 2.71 bits per heavy atom. The van der Waals surface area contributed by atoms with E-state index in [1.54, 1.807) is 10.8 Å². The number of nitrogens with zero attached hydrogens (tertiary/aromatic N) is 2. The molecule has 1 aromatic heterocycles. The summed E-state index contributed by atoms with van der Waals surface area (Å²) in [5.41, 5.74) is 0.0529. The third kappa shape index (κ3) is 4.06. The van der Waals surface area contributed by atoms with E-state index in [2.05, 4.69) is 31.1 Å². The first-order chi connectivity index (χ1) is 7.93. The van der Waals surface area contributed by atoms with Crippen molar-refractivity contribution in [1.29, 1.82) is 0 Å². The first-order valence-corrected chi connectivity index (χ1v) is 6.96. The molecule has 96 valence electrons. The molecular weight excluding hydrogens is 329 g/mol. The molecule has 0 amide bonds. The van der Waals surface area contributed by atoms with E-state index in [1.807, 2.05) is 29.5 Å². The van der Waals surface area contributed by atoms with Crippen molar-refractivity contribution < 1.29 is 0 Å². The fourth-order valence-electron chi connectivity index (χ4n) is 1.45. The van der Waals surface area contributed by atoms with Crippen LogP contribution in [0.1, 0.15) is 26.6 Å². The van der Waals surface area contributed by atoms with Crippen LogP contribution in [-0.2, 0) is 6.54 Å². The zero-order valence-electron chi connectivity index (χ0n) is 10.8. The maximum Gasteiger partial charge on any atom is 0.266 e. The van der Waals surface area contributed by atoms with Gasteiger partial charge in [0.15, 0.2) is 0 Å². The fraction of sp³-hybridized carbons (Fsp3) is 0.667. The lowest BCUT2D eigenvalue weighted by Gasteiger charge is -2.18. The largest absolute Gasteiger partial charge is 0.312 e. The normalized spacial score (nSPS) is 13.1. The third-order valence-electron chi connectivity index (χ3n) is 3.01. The van der Waals surface area contributed by atoms with Crippen molar-refractivity contribution in [3.63, 3.8) is 0 Å². The third-order valence-corrected chi connectivity index (χ3v) is 3.75. The number of hydrogen-bond acceptors (Lipinski definition) is 3. The summed E-state index contributed by atoms with van der Waals surface area (Å²) in [6.07, 6.45) is 1.62. The van der Waals surface area contributed by atoms with Crippen molar-refractivity contribution in [3.8, 4) is 0 Å². The average Bonchev–Trinajstić information content (AvgIpc) is 2.28. The highest BCUT2D eigenvalue weighted by Crippen LogP contribution is 2.00. The number of aryl methyl sites for hydroxylation is 1. The van der Waals surface area contributed by atoms with Crippen LogP contribution in [0.5, 0.6) is 0 Å². The van der Waals surface area contributed by atoms with Crippen LogP contribution in [0.15, 0.2) is 11.0 Å². The molecule has 0 radical (unpaired) electrons. The van der Waals surface area contributed by atoms with E-state index in [1.165, 1.54) is 0 Å². The average molecular weight is 349 g/mol. The first kappa shape index (κ1) is 14.6. The first-order valence-electron chi connectivity index (χ1n) is 5.88. The van der Waals surface area contributed by atoms with Gasteiger partial charge in [0.1, 0.15) is 5.82 Å². The molecule has 0 spiro atoms. The Labute approximate surface area is 116 Å². The van der Waals surface area contributed by atoms with Gasteiger partial charge in [-0.2, -0.15) is 0 Å². The molecule has 1 unspecified atom stereocenters. The zero-order chi connectivity index (χ0) is 13.0. The molecule has 0 bridgehead atoms.